The molecule has 8 heteroatoms. The lowest BCUT2D eigenvalue weighted by molar-refractivity contribution is -0.125. The largest absolute Gasteiger partial charge is 0.462 e. The Morgan fingerprint density at radius 2 is 2.13 bits per heavy atom. The average molecular weight is 339 g/mol. The van der Waals surface area contributed by atoms with E-state index in [1.54, 1.807) is 11.8 Å². The Morgan fingerprint density at radius 1 is 1.39 bits per heavy atom. The number of nitrogens with one attached hydrogen (secondary N) is 2. The quantitative estimate of drug-likeness (QED) is 0.779. The molecule has 0 saturated carbocycles. The normalized spacial score (nSPS) is 15.2. The van der Waals surface area contributed by atoms with Crippen molar-refractivity contribution in [1.82, 2.24) is 10.2 Å². The first-order chi connectivity index (χ1) is 10.9. The number of rotatable bonds is 5. The third-order valence-corrected chi connectivity index (χ3v) is 4.73. The maximum absolute atomic E-state index is 12.2. The summed E-state index contributed by atoms with van der Waals surface area (Å²) in [4.78, 5) is 38.4. The highest BCUT2D eigenvalue weighted by Crippen LogP contribution is 2.33. The number of amides is 2. The summed E-state index contributed by atoms with van der Waals surface area (Å²) in [5.74, 6) is -0.757. The Labute approximate surface area is 139 Å². The van der Waals surface area contributed by atoms with Crippen LogP contribution in [0.25, 0.3) is 0 Å². The number of piperazine rings is 1. The van der Waals surface area contributed by atoms with Crippen molar-refractivity contribution in [3.63, 3.8) is 0 Å². The maximum atomic E-state index is 12.2. The standard InChI is InChI=1S/C15H21N3O4S/c1-4-22-15(21)13-9(2)10(3)23-14(13)17-12(20)8-18-6-5-16-11(19)7-18/h4-8H2,1-3H3,(H,16,19)(H,17,20). The lowest BCUT2D eigenvalue weighted by atomic mass is 10.1. The summed E-state index contributed by atoms with van der Waals surface area (Å²) >= 11 is 1.36. The van der Waals surface area contributed by atoms with E-state index in [2.05, 4.69) is 10.6 Å². The van der Waals surface area contributed by atoms with Crippen LogP contribution in [0, 0.1) is 13.8 Å². The Kier molecular flexibility index (Phi) is 5.73. The zero-order valence-corrected chi connectivity index (χ0v) is 14.3. The molecule has 1 aliphatic heterocycles. The molecule has 126 valence electrons. The molecule has 0 bridgehead atoms. The summed E-state index contributed by atoms with van der Waals surface area (Å²) < 4.78 is 5.06. The molecule has 0 radical (unpaired) electrons. The van der Waals surface area contributed by atoms with Crippen LogP contribution in [-0.4, -0.2) is 55.5 Å². The van der Waals surface area contributed by atoms with Crippen LogP contribution in [0.3, 0.4) is 0 Å². The molecular formula is C15H21N3O4S. The Hall–Kier alpha value is -1.93. The van der Waals surface area contributed by atoms with Crippen molar-refractivity contribution in [2.24, 2.45) is 0 Å². The van der Waals surface area contributed by atoms with Gasteiger partial charge < -0.3 is 15.4 Å². The second kappa shape index (κ2) is 7.56. The summed E-state index contributed by atoms with van der Waals surface area (Å²) in [6.07, 6.45) is 0. The molecule has 2 heterocycles. The van der Waals surface area contributed by atoms with Crippen LogP contribution in [0.1, 0.15) is 27.7 Å². The fraction of sp³-hybridized carbons (Fsp3) is 0.533. The number of anilines is 1. The molecular weight excluding hydrogens is 318 g/mol. The van der Waals surface area contributed by atoms with Gasteiger partial charge in [0.25, 0.3) is 0 Å². The summed E-state index contributed by atoms with van der Waals surface area (Å²) in [5.41, 5.74) is 1.24. The van der Waals surface area contributed by atoms with Gasteiger partial charge in [-0.15, -0.1) is 11.3 Å². The fourth-order valence-corrected chi connectivity index (χ4v) is 3.42. The zero-order chi connectivity index (χ0) is 17.0. The van der Waals surface area contributed by atoms with Gasteiger partial charge in [0, 0.05) is 18.0 Å². The van der Waals surface area contributed by atoms with Gasteiger partial charge in [0.1, 0.15) is 5.00 Å². The summed E-state index contributed by atoms with van der Waals surface area (Å²) in [6, 6.07) is 0. The van der Waals surface area contributed by atoms with E-state index < -0.39 is 5.97 Å². The first-order valence-corrected chi connectivity index (χ1v) is 8.30. The van der Waals surface area contributed by atoms with Crippen LogP contribution < -0.4 is 10.6 Å². The zero-order valence-electron chi connectivity index (χ0n) is 13.5. The van der Waals surface area contributed by atoms with Crippen molar-refractivity contribution in [3.05, 3.63) is 16.0 Å². The molecule has 2 N–H and O–H groups in total. The SMILES string of the molecule is CCOC(=O)c1c(NC(=O)CN2CCNC(=O)C2)sc(C)c1C. The highest BCUT2D eigenvalue weighted by Gasteiger charge is 2.23. The molecule has 0 spiro atoms. The van der Waals surface area contributed by atoms with Gasteiger partial charge in [-0.25, -0.2) is 4.79 Å². The number of nitrogens with zero attached hydrogens (tertiary/aromatic N) is 1. The Bertz CT molecular complexity index is 626. The smallest absolute Gasteiger partial charge is 0.341 e. The molecule has 0 aromatic carbocycles. The number of ether oxygens (including phenoxy) is 1. The van der Waals surface area contributed by atoms with E-state index in [0.29, 0.717) is 23.7 Å². The maximum Gasteiger partial charge on any atom is 0.341 e. The van der Waals surface area contributed by atoms with E-state index in [9.17, 15) is 14.4 Å². The van der Waals surface area contributed by atoms with Crippen molar-refractivity contribution >= 4 is 34.1 Å². The van der Waals surface area contributed by atoms with E-state index in [0.717, 1.165) is 10.4 Å². The highest BCUT2D eigenvalue weighted by molar-refractivity contribution is 7.16. The minimum absolute atomic E-state index is 0.0842. The highest BCUT2D eigenvalue weighted by atomic mass is 32.1. The number of carbonyl (C=O) groups is 3. The minimum Gasteiger partial charge on any atom is -0.462 e. The average Bonchev–Trinajstić information content (AvgIpc) is 2.73. The third-order valence-electron chi connectivity index (χ3n) is 3.60. The van der Waals surface area contributed by atoms with E-state index in [-0.39, 0.29) is 31.5 Å². The lowest BCUT2D eigenvalue weighted by Gasteiger charge is -2.25. The van der Waals surface area contributed by atoms with Crippen molar-refractivity contribution in [2.45, 2.75) is 20.8 Å². The monoisotopic (exact) mass is 339 g/mol. The lowest BCUT2D eigenvalue weighted by Crippen LogP contribution is -2.49. The summed E-state index contributed by atoms with van der Waals surface area (Å²) in [6.45, 7) is 7.25. The molecule has 7 nitrogen and oxygen atoms in total. The van der Waals surface area contributed by atoms with Gasteiger partial charge in [-0.1, -0.05) is 0 Å². The van der Waals surface area contributed by atoms with E-state index in [1.165, 1.54) is 11.3 Å². The first-order valence-electron chi connectivity index (χ1n) is 7.48. The van der Waals surface area contributed by atoms with Gasteiger partial charge in [0.2, 0.25) is 11.8 Å². The second-order valence-electron chi connectivity index (χ2n) is 5.32. The molecule has 2 amide bonds. The minimum atomic E-state index is -0.429. The Morgan fingerprint density at radius 3 is 2.78 bits per heavy atom. The number of esters is 1. The van der Waals surface area contributed by atoms with Crippen LogP contribution in [-0.2, 0) is 14.3 Å². The topological polar surface area (TPSA) is 87.7 Å². The van der Waals surface area contributed by atoms with Crippen LogP contribution in [0.2, 0.25) is 0 Å². The van der Waals surface area contributed by atoms with Crippen LogP contribution in [0.4, 0.5) is 5.00 Å². The number of aryl methyl sites for hydroxylation is 1. The van der Waals surface area contributed by atoms with Gasteiger partial charge in [0.15, 0.2) is 0 Å². The van der Waals surface area contributed by atoms with E-state index in [1.807, 2.05) is 13.8 Å². The molecule has 1 saturated heterocycles. The predicted octanol–water partition coefficient (Wildman–Crippen LogP) is 0.912. The molecule has 0 aliphatic carbocycles. The molecule has 1 fully saturated rings. The molecule has 1 aromatic heterocycles. The molecule has 0 unspecified atom stereocenters. The Balaban J connectivity index is 2.07. The molecule has 0 atom stereocenters. The van der Waals surface area contributed by atoms with Gasteiger partial charge in [0.05, 0.1) is 25.3 Å². The van der Waals surface area contributed by atoms with Gasteiger partial charge in [-0.05, 0) is 26.3 Å². The number of hydrogen-bond acceptors (Lipinski definition) is 6. The van der Waals surface area contributed by atoms with Crippen LogP contribution in [0.15, 0.2) is 0 Å². The third kappa shape index (κ3) is 4.29. The number of hydrogen-bond donors (Lipinski definition) is 2. The number of thiophene rings is 1. The molecule has 2 rings (SSSR count). The first kappa shape index (κ1) is 17.4. The molecule has 1 aliphatic rings. The predicted molar refractivity (Wildman–Crippen MR) is 87.8 cm³/mol. The van der Waals surface area contributed by atoms with Crippen molar-refractivity contribution in [2.75, 3.05) is 38.1 Å². The van der Waals surface area contributed by atoms with Crippen LogP contribution in [0.5, 0.6) is 0 Å². The fourth-order valence-electron chi connectivity index (χ4n) is 2.36. The molecule has 23 heavy (non-hydrogen) atoms. The van der Waals surface area contributed by atoms with E-state index >= 15 is 0 Å². The summed E-state index contributed by atoms with van der Waals surface area (Å²) in [5, 5.41) is 6.00. The van der Waals surface area contributed by atoms with Gasteiger partial charge in [-0.3, -0.25) is 14.5 Å². The van der Waals surface area contributed by atoms with Crippen molar-refractivity contribution in [1.29, 1.82) is 0 Å². The molecule has 1 aromatic rings. The van der Waals surface area contributed by atoms with Gasteiger partial charge in [-0.2, -0.15) is 0 Å². The van der Waals surface area contributed by atoms with Crippen molar-refractivity contribution in [3.8, 4) is 0 Å². The van der Waals surface area contributed by atoms with Crippen molar-refractivity contribution < 1.29 is 19.1 Å². The van der Waals surface area contributed by atoms with Gasteiger partial charge >= 0.3 is 5.97 Å². The summed E-state index contributed by atoms with van der Waals surface area (Å²) in [7, 11) is 0. The second-order valence-corrected chi connectivity index (χ2v) is 6.54. The van der Waals surface area contributed by atoms with Crippen LogP contribution >= 0.6 is 11.3 Å². The number of carbonyl (C=O) groups excluding carboxylic acids is 3. The van der Waals surface area contributed by atoms with E-state index in [4.69, 9.17) is 4.74 Å².